The van der Waals surface area contributed by atoms with Gasteiger partial charge in [-0.25, -0.2) is 21.6 Å². The average Bonchev–Trinajstić information content (AvgIpc) is 2.96. The molecule has 1 heterocycles. The zero-order valence-electron chi connectivity index (χ0n) is 11.7. The molecule has 1 aromatic heterocycles. The summed E-state index contributed by atoms with van der Waals surface area (Å²) in [4.78, 5) is 11.3. The minimum Gasteiger partial charge on any atom is -0.478 e. The van der Waals surface area contributed by atoms with E-state index in [1.807, 2.05) is 0 Å². The fraction of sp³-hybridized carbons (Fsp3) is 0. The number of aromatic carboxylic acids is 1. The normalized spacial score (nSPS) is 11.8. The largest absolute Gasteiger partial charge is 0.478 e. The molecule has 0 bridgehead atoms. The Balaban J connectivity index is 2.47. The Kier molecular flexibility index (Phi) is 4.03. The van der Waals surface area contributed by atoms with Crippen LogP contribution in [0.3, 0.4) is 0 Å². The second-order valence-corrected chi connectivity index (χ2v) is 7.47. The van der Waals surface area contributed by atoms with Crippen molar-refractivity contribution in [3.8, 4) is 0 Å². The highest BCUT2D eigenvalue weighted by molar-refractivity contribution is 7.90. The van der Waals surface area contributed by atoms with Gasteiger partial charge in [0.25, 0.3) is 10.0 Å². The van der Waals surface area contributed by atoms with E-state index in [-0.39, 0.29) is 15.4 Å². The van der Waals surface area contributed by atoms with Crippen molar-refractivity contribution < 1.29 is 22.7 Å². The number of aromatic nitrogens is 1. The van der Waals surface area contributed by atoms with E-state index in [2.05, 4.69) is 0 Å². The third-order valence-corrected chi connectivity index (χ3v) is 5.65. The maximum absolute atomic E-state index is 14.3. The van der Waals surface area contributed by atoms with E-state index >= 15 is 0 Å². The molecule has 0 saturated heterocycles. The quantitative estimate of drug-likeness (QED) is 0.688. The number of carboxylic acid groups (broad SMARTS) is 1. The second-order valence-electron chi connectivity index (χ2n) is 4.84. The Morgan fingerprint density at radius 1 is 1.12 bits per heavy atom. The van der Waals surface area contributed by atoms with Crippen molar-refractivity contribution in [2.45, 2.75) is 4.90 Å². The van der Waals surface area contributed by atoms with Crippen LogP contribution in [0.15, 0.2) is 47.5 Å². The zero-order valence-corrected chi connectivity index (χ0v) is 14.0. The number of carboxylic acids is 1. The first kappa shape index (κ1) is 16.8. The maximum atomic E-state index is 14.3. The Bertz CT molecular complexity index is 1080. The summed E-state index contributed by atoms with van der Waals surface area (Å²) in [5, 5.41) is 8.24. The first-order chi connectivity index (χ1) is 11.2. The van der Waals surface area contributed by atoms with Gasteiger partial charge in [0, 0.05) is 6.20 Å². The van der Waals surface area contributed by atoms with Crippen LogP contribution in [0, 0.1) is 5.82 Å². The topological polar surface area (TPSA) is 76.4 Å². The molecule has 0 aliphatic heterocycles. The van der Waals surface area contributed by atoms with Crippen molar-refractivity contribution in [1.29, 1.82) is 0 Å². The van der Waals surface area contributed by atoms with E-state index in [1.165, 1.54) is 24.3 Å². The number of nitrogens with zero attached hydrogens (tertiary/aromatic N) is 1. The molecule has 0 aliphatic rings. The molecule has 0 unspecified atom stereocenters. The number of fused-ring (bicyclic) bond motifs is 1. The summed E-state index contributed by atoms with van der Waals surface area (Å²) in [7, 11) is -4.17. The summed E-state index contributed by atoms with van der Waals surface area (Å²) < 4.78 is 40.6. The number of carbonyl (C=O) groups is 1. The van der Waals surface area contributed by atoms with E-state index in [1.54, 1.807) is 6.07 Å². The summed E-state index contributed by atoms with van der Waals surface area (Å²) in [6.45, 7) is 0. The molecule has 3 rings (SSSR count). The number of rotatable bonds is 3. The monoisotopic (exact) mass is 387 g/mol. The first-order valence-corrected chi connectivity index (χ1v) is 8.67. The highest BCUT2D eigenvalue weighted by atomic mass is 35.5. The van der Waals surface area contributed by atoms with Gasteiger partial charge >= 0.3 is 5.97 Å². The van der Waals surface area contributed by atoms with Crippen LogP contribution in [0.4, 0.5) is 4.39 Å². The van der Waals surface area contributed by atoms with Crippen LogP contribution in [-0.4, -0.2) is 23.5 Å². The Hall–Kier alpha value is -2.09. The van der Waals surface area contributed by atoms with E-state index in [0.29, 0.717) is 3.97 Å². The zero-order chi connectivity index (χ0) is 17.6. The van der Waals surface area contributed by atoms with Crippen molar-refractivity contribution in [1.82, 2.24) is 3.97 Å². The molecule has 0 spiro atoms. The molecule has 9 heteroatoms. The number of hydrogen-bond acceptors (Lipinski definition) is 3. The molecule has 0 aliphatic carbocycles. The van der Waals surface area contributed by atoms with Crippen LogP contribution in [-0.2, 0) is 10.0 Å². The SMILES string of the molecule is O=C(O)c1cn(S(=O)(=O)c2ccccc2)c2c(Cl)cc(Cl)c(F)c12. The standard InChI is InChI=1S/C15H8Cl2FNO4S/c16-10-6-11(17)14-12(13(10)18)9(15(20)21)7-19(14)24(22,23)8-4-2-1-3-5-8/h1-7H,(H,20,21). The summed E-state index contributed by atoms with van der Waals surface area (Å²) in [6.07, 6.45) is 0.820. The van der Waals surface area contributed by atoms with Gasteiger partial charge in [0.2, 0.25) is 0 Å². The van der Waals surface area contributed by atoms with Gasteiger partial charge in [0.15, 0.2) is 5.82 Å². The van der Waals surface area contributed by atoms with Gasteiger partial charge in [-0.1, -0.05) is 41.4 Å². The number of hydrogen-bond donors (Lipinski definition) is 1. The van der Waals surface area contributed by atoms with Gasteiger partial charge in [-0.05, 0) is 18.2 Å². The van der Waals surface area contributed by atoms with Crippen molar-refractivity contribution >= 4 is 50.1 Å². The van der Waals surface area contributed by atoms with Gasteiger partial charge in [-0.3, -0.25) is 0 Å². The molecule has 3 aromatic rings. The van der Waals surface area contributed by atoms with Crippen LogP contribution in [0.25, 0.3) is 10.9 Å². The lowest BCUT2D eigenvalue weighted by atomic mass is 10.1. The predicted molar refractivity (Wildman–Crippen MR) is 87.9 cm³/mol. The molecule has 0 saturated carbocycles. The lowest BCUT2D eigenvalue weighted by Crippen LogP contribution is -2.12. The molecule has 24 heavy (non-hydrogen) atoms. The van der Waals surface area contributed by atoms with Gasteiger partial charge in [0.05, 0.1) is 31.4 Å². The van der Waals surface area contributed by atoms with Gasteiger partial charge in [-0.15, -0.1) is 0 Å². The molecular formula is C15H8Cl2FNO4S. The molecule has 5 nitrogen and oxygen atoms in total. The van der Waals surface area contributed by atoms with E-state index in [9.17, 15) is 22.7 Å². The summed E-state index contributed by atoms with van der Waals surface area (Å²) in [6, 6.07) is 8.35. The minimum atomic E-state index is -4.17. The highest BCUT2D eigenvalue weighted by Gasteiger charge is 2.28. The fourth-order valence-corrected chi connectivity index (χ4v) is 4.36. The lowest BCUT2D eigenvalue weighted by Gasteiger charge is -2.09. The lowest BCUT2D eigenvalue weighted by molar-refractivity contribution is 0.0698. The molecule has 0 amide bonds. The Labute approximate surface area is 145 Å². The van der Waals surface area contributed by atoms with Crippen molar-refractivity contribution in [2.24, 2.45) is 0 Å². The van der Waals surface area contributed by atoms with Crippen molar-refractivity contribution in [3.63, 3.8) is 0 Å². The smallest absolute Gasteiger partial charge is 0.338 e. The van der Waals surface area contributed by atoms with E-state index in [4.69, 9.17) is 23.2 Å². The van der Waals surface area contributed by atoms with Crippen molar-refractivity contribution in [2.75, 3.05) is 0 Å². The Morgan fingerprint density at radius 3 is 2.33 bits per heavy atom. The number of halogens is 3. The van der Waals surface area contributed by atoms with Crippen LogP contribution in [0.2, 0.25) is 10.0 Å². The molecule has 0 radical (unpaired) electrons. The van der Waals surface area contributed by atoms with Crippen LogP contribution < -0.4 is 0 Å². The fourth-order valence-electron chi connectivity index (χ4n) is 2.35. The van der Waals surface area contributed by atoms with Crippen LogP contribution in [0.5, 0.6) is 0 Å². The van der Waals surface area contributed by atoms with Crippen LogP contribution in [0.1, 0.15) is 10.4 Å². The summed E-state index contributed by atoms with van der Waals surface area (Å²) in [5.41, 5.74) is -0.828. The molecule has 1 N–H and O–H groups in total. The van der Waals surface area contributed by atoms with E-state index < -0.39 is 37.8 Å². The van der Waals surface area contributed by atoms with Gasteiger partial charge in [0.1, 0.15) is 0 Å². The average molecular weight is 388 g/mol. The number of benzene rings is 2. The van der Waals surface area contributed by atoms with Gasteiger partial charge in [-0.2, -0.15) is 0 Å². The highest BCUT2D eigenvalue weighted by Crippen LogP contribution is 2.36. The molecule has 124 valence electrons. The molecule has 0 atom stereocenters. The maximum Gasteiger partial charge on any atom is 0.338 e. The molecule has 2 aromatic carbocycles. The summed E-state index contributed by atoms with van der Waals surface area (Å²) >= 11 is 11.7. The van der Waals surface area contributed by atoms with Crippen molar-refractivity contribution in [3.05, 3.63) is 64.0 Å². The predicted octanol–water partition coefficient (Wildman–Crippen LogP) is 4.02. The third-order valence-electron chi connectivity index (χ3n) is 3.41. The van der Waals surface area contributed by atoms with Crippen LogP contribution >= 0.6 is 23.2 Å². The van der Waals surface area contributed by atoms with Gasteiger partial charge < -0.3 is 5.11 Å². The third kappa shape index (κ3) is 2.45. The first-order valence-electron chi connectivity index (χ1n) is 6.47. The molecule has 0 fully saturated rings. The van der Waals surface area contributed by atoms with E-state index in [0.717, 1.165) is 12.3 Å². The summed E-state index contributed by atoms with van der Waals surface area (Å²) in [5.74, 6) is -2.55. The minimum absolute atomic E-state index is 0.0923. The molecular weight excluding hydrogens is 380 g/mol. The second kappa shape index (κ2) is 5.77. The Morgan fingerprint density at radius 2 is 1.75 bits per heavy atom.